The molecular weight excluding hydrogens is 478 g/mol. The van der Waals surface area contributed by atoms with Crippen LogP contribution < -0.4 is 4.90 Å². The van der Waals surface area contributed by atoms with E-state index in [1.807, 2.05) is 87.7 Å². The summed E-state index contributed by atoms with van der Waals surface area (Å²) in [6.07, 6.45) is 0. The molecule has 0 aliphatic carbocycles. The molecule has 1 aromatic carbocycles. The first-order valence-corrected chi connectivity index (χ1v) is 11.0. The fourth-order valence-corrected chi connectivity index (χ4v) is 3.23. The maximum atomic E-state index is 5.41. The molecule has 0 aromatic heterocycles. The van der Waals surface area contributed by atoms with Gasteiger partial charge in [0.2, 0.25) is 0 Å². The molecule has 1 aromatic rings. The third-order valence-electron chi connectivity index (χ3n) is 4.59. The minimum atomic E-state index is 0. The van der Waals surface area contributed by atoms with Crippen LogP contribution in [0.5, 0.6) is 0 Å². The third kappa shape index (κ3) is 9.11. The van der Waals surface area contributed by atoms with Crippen molar-refractivity contribution in [3.8, 4) is 0 Å². The Hall–Kier alpha value is -1.74. The molecule has 1 radical (unpaired) electrons. The van der Waals surface area contributed by atoms with Crippen LogP contribution in [0.25, 0.3) is 0 Å². The SMILES string of the molecule is CCN(CC)/C([S-])=N/N=C(C)/C(=N/N=C(\[S-])N(CC)CC)c1ccc(N(C)C)cc1.[Cu+2]. The molecule has 0 atom stereocenters. The summed E-state index contributed by atoms with van der Waals surface area (Å²) >= 11 is 10.8. The van der Waals surface area contributed by atoms with Crippen molar-refractivity contribution in [1.29, 1.82) is 0 Å². The predicted octanol–water partition coefficient (Wildman–Crippen LogP) is 3.32. The van der Waals surface area contributed by atoms with E-state index in [4.69, 9.17) is 25.3 Å². The molecule has 175 valence electrons. The zero-order valence-corrected chi connectivity index (χ0v) is 22.0. The van der Waals surface area contributed by atoms with Gasteiger partial charge in [0, 0.05) is 61.9 Å². The Morgan fingerprint density at radius 1 is 0.742 bits per heavy atom. The Labute approximate surface area is 209 Å². The minimum absolute atomic E-state index is 0. The second-order valence-corrected chi connectivity index (χ2v) is 7.42. The van der Waals surface area contributed by atoms with Gasteiger partial charge in [-0.2, -0.15) is 15.3 Å². The van der Waals surface area contributed by atoms with E-state index in [1.165, 1.54) is 0 Å². The fourth-order valence-electron chi connectivity index (χ4n) is 2.63. The summed E-state index contributed by atoms with van der Waals surface area (Å²) in [6, 6.07) is 8.04. The first-order valence-electron chi connectivity index (χ1n) is 10.2. The molecule has 0 aliphatic rings. The Morgan fingerprint density at radius 2 is 1.16 bits per heavy atom. The monoisotopic (exact) mass is 510 g/mol. The first kappa shape index (κ1) is 29.3. The first-order chi connectivity index (χ1) is 14.3. The summed E-state index contributed by atoms with van der Waals surface area (Å²) in [7, 11) is 4.00. The molecule has 0 saturated heterocycles. The summed E-state index contributed by atoms with van der Waals surface area (Å²) < 4.78 is 0. The Bertz CT molecular complexity index is 781. The molecule has 31 heavy (non-hydrogen) atoms. The van der Waals surface area contributed by atoms with Gasteiger partial charge in [-0.1, -0.05) is 12.1 Å². The van der Waals surface area contributed by atoms with Crippen molar-refractivity contribution in [2.24, 2.45) is 20.4 Å². The standard InChI is InChI=1S/C21H35N7S2.Cu/c1-8-27(9-2)20(29)24-22-16(5)19(23-25-21(30)28(10-3)11-4)17-12-14-18(15-13-17)26(6)7;/h12-15H,8-11H2,1-7H3,(H,24,29)(H,25,30);/q;+2/p-2/b22-16+,23-19-;. The molecule has 0 heterocycles. The van der Waals surface area contributed by atoms with Crippen molar-refractivity contribution < 1.29 is 17.1 Å². The summed E-state index contributed by atoms with van der Waals surface area (Å²) in [5.41, 5.74) is 3.21. The number of hydrogen-bond donors (Lipinski definition) is 0. The Morgan fingerprint density at radius 3 is 1.55 bits per heavy atom. The molecule has 0 N–H and O–H groups in total. The summed E-state index contributed by atoms with van der Waals surface area (Å²) in [6.45, 7) is 13.1. The van der Waals surface area contributed by atoms with Gasteiger partial charge in [-0.05, 0) is 46.8 Å². The minimum Gasteiger partial charge on any atom is -0.741 e. The van der Waals surface area contributed by atoms with Crippen LogP contribution in [0.1, 0.15) is 40.2 Å². The number of amidine groups is 2. The van der Waals surface area contributed by atoms with Crippen molar-refractivity contribution >= 4 is 52.7 Å². The smallest absolute Gasteiger partial charge is 0.741 e. The second-order valence-electron chi connectivity index (χ2n) is 6.69. The molecule has 0 saturated carbocycles. The maximum absolute atomic E-state index is 5.41. The maximum Gasteiger partial charge on any atom is 2.00 e. The van der Waals surface area contributed by atoms with E-state index in [9.17, 15) is 0 Å². The molecule has 7 nitrogen and oxygen atoms in total. The number of benzene rings is 1. The van der Waals surface area contributed by atoms with Crippen LogP contribution in [-0.2, 0) is 42.3 Å². The number of rotatable bonds is 9. The topological polar surface area (TPSA) is 59.2 Å². The van der Waals surface area contributed by atoms with Crippen LogP contribution in [-0.4, -0.2) is 71.8 Å². The van der Waals surface area contributed by atoms with Gasteiger partial charge < -0.3 is 40.0 Å². The van der Waals surface area contributed by atoms with Crippen LogP contribution in [0.3, 0.4) is 0 Å². The van der Waals surface area contributed by atoms with Crippen LogP contribution in [0.4, 0.5) is 5.69 Å². The largest absolute Gasteiger partial charge is 2.00 e. The Balaban J connectivity index is 0.00000900. The van der Waals surface area contributed by atoms with Gasteiger partial charge in [0.25, 0.3) is 0 Å². The zero-order valence-electron chi connectivity index (χ0n) is 19.4. The van der Waals surface area contributed by atoms with Crippen molar-refractivity contribution in [2.75, 3.05) is 45.2 Å². The van der Waals surface area contributed by atoms with Gasteiger partial charge >= 0.3 is 17.1 Å². The molecule has 0 aliphatic heterocycles. The molecule has 0 amide bonds. The van der Waals surface area contributed by atoms with E-state index >= 15 is 0 Å². The van der Waals surface area contributed by atoms with Crippen LogP contribution in [0, 0.1) is 0 Å². The van der Waals surface area contributed by atoms with Crippen molar-refractivity contribution in [3.05, 3.63) is 29.8 Å². The summed E-state index contributed by atoms with van der Waals surface area (Å²) in [4.78, 5) is 5.98. The van der Waals surface area contributed by atoms with E-state index in [1.54, 1.807) is 0 Å². The second kappa shape index (κ2) is 15.1. The number of hydrogen-bond acceptors (Lipinski definition) is 7. The van der Waals surface area contributed by atoms with E-state index in [0.717, 1.165) is 37.4 Å². The van der Waals surface area contributed by atoms with Gasteiger partial charge in [0.05, 0.1) is 5.71 Å². The van der Waals surface area contributed by atoms with Gasteiger partial charge in [0.15, 0.2) is 0 Å². The van der Waals surface area contributed by atoms with Gasteiger partial charge in [-0.15, -0.1) is 5.10 Å². The van der Waals surface area contributed by atoms with E-state index in [2.05, 4.69) is 20.4 Å². The molecule has 0 spiro atoms. The van der Waals surface area contributed by atoms with Gasteiger partial charge in [-0.25, -0.2) is 0 Å². The average Bonchev–Trinajstić information content (AvgIpc) is 2.74. The van der Waals surface area contributed by atoms with E-state index < -0.39 is 0 Å². The van der Waals surface area contributed by atoms with Crippen molar-refractivity contribution in [3.63, 3.8) is 0 Å². The Kier molecular flexibility index (Phi) is 14.3. The van der Waals surface area contributed by atoms with Crippen LogP contribution >= 0.6 is 0 Å². The molecule has 0 bridgehead atoms. The van der Waals surface area contributed by atoms with Crippen LogP contribution in [0.2, 0.25) is 0 Å². The summed E-state index contributed by atoms with van der Waals surface area (Å²) in [5, 5.41) is 18.2. The molecule has 0 fully saturated rings. The molecular formula is C21H33CuN7S2. The normalized spacial score (nSPS) is 13.0. The quantitative estimate of drug-likeness (QED) is 0.168. The van der Waals surface area contributed by atoms with E-state index in [-0.39, 0.29) is 17.1 Å². The predicted molar refractivity (Wildman–Crippen MR) is 136 cm³/mol. The molecule has 0 unspecified atom stereocenters. The average molecular weight is 511 g/mol. The van der Waals surface area contributed by atoms with E-state index in [0.29, 0.717) is 21.8 Å². The zero-order chi connectivity index (χ0) is 22.7. The van der Waals surface area contributed by atoms with Gasteiger partial charge in [0.1, 0.15) is 5.71 Å². The van der Waals surface area contributed by atoms with Crippen molar-refractivity contribution in [1.82, 2.24) is 9.80 Å². The summed E-state index contributed by atoms with van der Waals surface area (Å²) in [5.74, 6) is 0. The third-order valence-corrected chi connectivity index (χ3v) is 5.27. The fraction of sp³-hybridized carbons (Fsp3) is 0.524. The number of nitrogens with zero attached hydrogens (tertiary/aromatic N) is 7. The molecule has 10 heteroatoms. The van der Waals surface area contributed by atoms with Gasteiger partial charge in [-0.3, -0.25) is 0 Å². The van der Waals surface area contributed by atoms with Crippen LogP contribution in [0.15, 0.2) is 44.7 Å². The van der Waals surface area contributed by atoms with Crippen molar-refractivity contribution in [2.45, 2.75) is 34.6 Å². The number of anilines is 1. The molecule has 1 rings (SSSR count).